The predicted octanol–water partition coefficient (Wildman–Crippen LogP) is 2.05. The number of likely N-dealkylation sites (N-methyl/N-ethyl adjacent to an activating group) is 1. The summed E-state index contributed by atoms with van der Waals surface area (Å²) >= 11 is 0. The van der Waals surface area contributed by atoms with Gasteiger partial charge in [-0.05, 0) is 33.4 Å². The van der Waals surface area contributed by atoms with Crippen LogP contribution < -0.4 is 5.32 Å². The van der Waals surface area contributed by atoms with Gasteiger partial charge in [0.15, 0.2) is 0 Å². The van der Waals surface area contributed by atoms with Crippen molar-refractivity contribution in [2.24, 2.45) is 0 Å². The Morgan fingerprint density at radius 1 is 1.53 bits per heavy atom. The van der Waals surface area contributed by atoms with E-state index in [1.165, 1.54) is 0 Å². The number of nitrogens with zero attached hydrogens (tertiary/aromatic N) is 2. The molecule has 5 heteroatoms. The number of hydrogen-bond acceptors (Lipinski definition) is 3. The minimum absolute atomic E-state index is 0.00606. The summed E-state index contributed by atoms with van der Waals surface area (Å²) in [6.45, 7) is 3.68. The predicted molar refractivity (Wildman–Crippen MR) is 74.2 cm³/mol. The fraction of sp³-hybridized carbons (Fsp3) is 0.429. The first-order valence-corrected chi connectivity index (χ1v) is 6.32. The lowest BCUT2D eigenvalue weighted by Gasteiger charge is -2.27. The topological polar surface area (TPSA) is 67.2 Å². The molecule has 1 heterocycles. The van der Waals surface area contributed by atoms with Crippen molar-refractivity contribution < 1.29 is 9.90 Å². The zero-order valence-electron chi connectivity index (χ0n) is 11.4. The summed E-state index contributed by atoms with van der Waals surface area (Å²) in [6.07, 6.45) is 2.27. The number of carbonyl (C=O) groups is 1. The number of hydrogen-bond donors (Lipinski definition) is 2. The summed E-state index contributed by atoms with van der Waals surface area (Å²) in [7, 11) is 1.67. The molecule has 0 fully saturated rings. The first-order valence-electron chi connectivity index (χ1n) is 6.32. The van der Waals surface area contributed by atoms with Gasteiger partial charge in [0.05, 0.1) is 17.8 Å². The molecule has 2 aromatic rings. The van der Waals surface area contributed by atoms with Gasteiger partial charge < -0.3 is 10.4 Å². The van der Waals surface area contributed by atoms with Crippen LogP contribution in [-0.4, -0.2) is 33.4 Å². The number of aromatic nitrogens is 2. The molecule has 1 aromatic carbocycles. The summed E-state index contributed by atoms with van der Waals surface area (Å²) in [6, 6.07) is 7.92. The quantitative estimate of drug-likeness (QED) is 0.864. The van der Waals surface area contributed by atoms with Crippen LogP contribution in [0.4, 0.5) is 0 Å². The van der Waals surface area contributed by atoms with Crippen molar-refractivity contribution in [2.75, 3.05) is 7.05 Å². The molecule has 2 rings (SSSR count). The Labute approximate surface area is 112 Å². The maximum atomic E-state index is 11.3. The molecule has 0 spiro atoms. The number of carboxylic acid groups (broad SMARTS) is 1. The van der Waals surface area contributed by atoms with Crippen LogP contribution >= 0.6 is 0 Å². The highest BCUT2D eigenvalue weighted by Crippen LogP contribution is 2.24. The molecule has 102 valence electrons. The average Bonchev–Trinajstić information content (AvgIpc) is 2.82. The van der Waals surface area contributed by atoms with Crippen molar-refractivity contribution in [3.63, 3.8) is 0 Å². The number of carboxylic acids is 1. The van der Waals surface area contributed by atoms with Crippen LogP contribution in [0.3, 0.4) is 0 Å². The Morgan fingerprint density at radius 3 is 2.84 bits per heavy atom. The molecule has 0 radical (unpaired) electrons. The van der Waals surface area contributed by atoms with Crippen molar-refractivity contribution in [1.82, 2.24) is 15.1 Å². The fourth-order valence-electron chi connectivity index (χ4n) is 2.32. The molecule has 2 unspecified atom stereocenters. The highest BCUT2D eigenvalue weighted by Gasteiger charge is 2.33. The Morgan fingerprint density at radius 2 is 2.21 bits per heavy atom. The van der Waals surface area contributed by atoms with Gasteiger partial charge in [0.1, 0.15) is 5.54 Å². The third-order valence-corrected chi connectivity index (χ3v) is 3.65. The minimum atomic E-state index is -0.952. The Balaban J connectivity index is 2.29. The number of aliphatic carboxylic acids is 1. The molecule has 5 nitrogen and oxygen atoms in total. The second-order valence-corrected chi connectivity index (χ2v) is 5.09. The molecular formula is C14H19N3O2. The van der Waals surface area contributed by atoms with Crippen LogP contribution in [-0.2, 0) is 4.79 Å². The van der Waals surface area contributed by atoms with Crippen LogP contribution in [0.25, 0.3) is 10.9 Å². The van der Waals surface area contributed by atoms with E-state index < -0.39 is 11.5 Å². The van der Waals surface area contributed by atoms with Crippen molar-refractivity contribution in [3.8, 4) is 0 Å². The molecule has 0 saturated carbocycles. The van der Waals surface area contributed by atoms with E-state index in [4.69, 9.17) is 0 Å². The summed E-state index contributed by atoms with van der Waals surface area (Å²) < 4.78 is 1.88. The lowest BCUT2D eigenvalue weighted by atomic mass is 9.94. The minimum Gasteiger partial charge on any atom is -0.480 e. The molecule has 2 atom stereocenters. The smallest absolute Gasteiger partial charge is 0.323 e. The summed E-state index contributed by atoms with van der Waals surface area (Å²) in [5.41, 5.74) is 0.0748. The second kappa shape index (κ2) is 5.01. The third kappa shape index (κ3) is 2.46. The fourth-order valence-corrected chi connectivity index (χ4v) is 2.32. The molecular weight excluding hydrogens is 242 g/mol. The lowest BCUT2D eigenvalue weighted by molar-refractivity contribution is -0.144. The molecule has 0 aliphatic rings. The van der Waals surface area contributed by atoms with Crippen molar-refractivity contribution in [3.05, 3.63) is 30.5 Å². The molecule has 2 N–H and O–H groups in total. The molecule has 1 aromatic heterocycles. The van der Waals surface area contributed by atoms with E-state index in [1.54, 1.807) is 14.0 Å². The maximum absolute atomic E-state index is 11.3. The Bertz CT molecular complexity index is 593. The number of fused-ring (bicyclic) bond motifs is 1. The van der Waals surface area contributed by atoms with Gasteiger partial charge in [-0.15, -0.1) is 0 Å². The van der Waals surface area contributed by atoms with Gasteiger partial charge in [-0.25, -0.2) is 0 Å². The van der Waals surface area contributed by atoms with Gasteiger partial charge in [0, 0.05) is 5.39 Å². The summed E-state index contributed by atoms with van der Waals surface area (Å²) in [4.78, 5) is 11.3. The largest absolute Gasteiger partial charge is 0.480 e. The van der Waals surface area contributed by atoms with Gasteiger partial charge in [0.25, 0.3) is 0 Å². The monoisotopic (exact) mass is 261 g/mol. The van der Waals surface area contributed by atoms with Crippen LogP contribution in [0, 0.1) is 0 Å². The molecule has 0 saturated heterocycles. The van der Waals surface area contributed by atoms with E-state index in [-0.39, 0.29) is 6.04 Å². The number of benzene rings is 1. The van der Waals surface area contributed by atoms with Crippen molar-refractivity contribution in [2.45, 2.75) is 31.8 Å². The Kier molecular flexibility index (Phi) is 3.57. The van der Waals surface area contributed by atoms with Gasteiger partial charge in [0.2, 0.25) is 0 Å². The lowest BCUT2D eigenvalue weighted by Crippen LogP contribution is -2.48. The molecule has 0 bridgehead atoms. The van der Waals surface area contributed by atoms with E-state index in [0.717, 1.165) is 10.9 Å². The van der Waals surface area contributed by atoms with E-state index in [9.17, 15) is 9.90 Å². The van der Waals surface area contributed by atoms with Crippen LogP contribution in [0.15, 0.2) is 30.5 Å². The molecule has 0 aliphatic carbocycles. The number of nitrogens with one attached hydrogen (secondary N) is 1. The molecule has 0 aliphatic heterocycles. The standard InChI is InChI=1S/C14H19N3O2/c1-10(8-14(2,15-3)13(18)19)17-12-7-5-4-6-11(12)9-16-17/h4-7,9-10,15H,8H2,1-3H3,(H,18,19). The van der Waals surface area contributed by atoms with E-state index in [0.29, 0.717) is 6.42 Å². The van der Waals surface area contributed by atoms with E-state index in [1.807, 2.05) is 42.1 Å². The second-order valence-electron chi connectivity index (χ2n) is 5.09. The molecule has 0 amide bonds. The number of rotatable bonds is 5. The average molecular weight is 261 g/mol. The summed E-state index contributed by atoms with van der Waals surface area (Å²) in [5, 5.41) is 17.6. The van der Waals surface area contributed by atoms with Gasteiger partial charge in [-0.1, -0.05) is 18.2 Å². The van der Waals surface area contributed by atoms with Crippen LogP contribution in [0.5, 0.6) is 0 Å². The van der Waals surface area contributed by atoms with Crippen LogP contribution in [0.1, 0.15) is 26.3 Å². The van der Waals surface area contributed by atoms with Crippen LogP contribution in [0.2, 0.25) is 0 Å². The Hall–Kier alpha value is -1.88. The maximum Gasteiger partial charge on any atom is 0.323 e. The van der Waals surface area contributed by atoms with Crippen molar-refractivity contribution >= 4 is 16.9 Å². The van der Waals surface area contributed by atoms with Gasteiger partial charge in [-0.2, -0.15) is 5.10 Å². The third-order valence-electron chi connectivity index (χ3n) is 3.65. The number of para-hydroxylation sites is 1. The first kappa shape index (κ1) is 13.5. The van der Waals surface area contributed by atoms with Gasteiger partial charge >= 0.3 is 5.97 Å². The zero-order valence-corrected chi connectivity index (χ0v) is 11.4. The van der Waals surface area contributed by atoms with E-state index in [2.05, 4.69) is 10.4 Å². The summed E-state index contributed by atoms with van der Waals surface area (Å²) in [5.74, 6) is -0.849. The zero-order chi connectivity index (χ0) is 14.0. The van der Waals surface area contributed by atoms with E-state index >= 15 is 0 Å². The highest BCUT2D eigenvalue weighted by molar-refractivity contribution is 5.79. The van der Waals surface area contributed by atoms with Gasteiger partial charge in [-0.3, -0.25) is 9.48 Å². The molecule has 19 heavy (non-hydrogen) atoms. The first-order chi connectivity index (χ1) is 8.98. The normalized spacial score (nSPS) is 16.2. The van der Waals surface area contributed by atoms with Crippen molar-refractivity contribution in [1.29, 1.82) is 0 Å². The SMILES string of the molecule is CNC(C)(CC(C)n1ncc2ccccc21)C(=O)O. The highest BCUT2D eigenvalue weighted by atomic mass is 16.4.